The van der Waals surface area contributed by atoms with Crippen LogP contribution in [-0.4, -0.2) is 16.5 Å². The van der Waals surface area contributed by atoms with Gasteiger partial charge in [-0.1, -0.05) is 13.0 Å². The number of hydrogen-bond acceptors (Lipinski definition) is 4. The molecule has 6 nitrogen and oxygen atoms in total. The van der Waals surface area contributed by atoms with Gasteiger partial charge in [-0.15, -0.1) is 0 Å². The quantitative estimate of drug-likeness (QED) is 0.485. The van der Waals surface area contributed by atoms with Gasteiger partial charge in [0.25, 0.3) is 11.6 Å². The summed E-state index contributed by atoms with van der Waals surface area (Å²) < 4.78 is 0. The van der Waals surface area contributed by atoms with Crippen LogP contribution in [0, 0.1) is 33.3 Å². The summed E-state index contributed by atoms with van der Waals surface area (Å²) in [6.45, 7) is 2.11. The van der Waals surface area contributed by atoms with Crippen molar-refractivity contribution in [3.63, 3.8) is 0 Å². The summed E-state index contributed by atoms with van der Waals surface area (Å²) in [5.41, 5.74) is 4.12. The number of non-ortho nitro benzene ring substituents is 1. The van der Waals surface area contributed by atoms with E-state index in [2.05, 4.69) is 17.5 Å². The molecule has 4 fully saturated rings. The fraction of sp³-hybridized carbons (Fsp3) is 0.600. The van der Waals surface area contributed by atoms with Crippen molar-refractivity contribution in [2.24, 2.45) is 28.3 Å². The number of nitrogens with one attached hydrogen (secondary N) is 1. The molecule has 1 amide bonds. The Morgan fingerprint density at radius 2 is 1.85 bits per heavy atom. The molecule has 0 aromatic heterocycles. The van der Waals surface area contributed by atoms with Crippen LogP contribution in [0.5, 0.6) is 0 Å². The van der Waals surface area contributed by atoms with Crippen LogP contribution < -0.4 is 5.43 Å². The molecule has 4 bridgehead atoms. The summed E-state index contributed by atoms with van der Waals surface area (Å²) in [7, 11) is 0. The number of hydrazone groups is 1. The SMILES string of the molecule is CCC(=NNC(=O)c1cccc([N+](=O)[O-])c1)C12CC3CC(CC(C3)C1)C2. The topological polar surface area (TPSA) is 84.6 Å². The molecule has 26 heavy (non-hydrogen) atoms. The van der Waals surface area contributed by atoms with Crippen molar-refractivity contribution in [2.45, 2.75) is 51.9 Å². The number of hydrogen-bond donors (Lipinski definition) is 1. The molecule has 0 unspecified atom stereocenters. The number of amides is 1. The molecule has 0 heterocycles. The maximum absolute atomic E-state index is 12.4. The first-order valence-corrected chi connectivity index (χ1v) is 9.61. The number of nitro benzene ring substituents is 1. The second-order valence-corrected chi connectivity index (χ2v) is 8.36. The van der Waals surface area contributed by atoms with E-state index in [1.54, 1.807) is 6.07 Å². The number of nitrogens with zero attached hydrogens (tertiary/aromatic N) is 2. The van der Waals surface area contributed by atoms with Crippen molar-refractivity contribution in [1.82, 2.24) is 5.43 Å². The lowest BCUT2D eigenvalue weighted by atomic mass is 9.48. The summed E-state index contributed by atoms with van der Waals surface area (Å²) >= 11 is 0. The van der Waals surface area contributed by atoms with Gasteiger partial charge in [0.05, 0.1) is 4.92 Å². The zero-order valence-corrected chi connectivity index (χ0v) is 15.1. The Balaban J connectivity index is 1.52. The third-order valence-corrected chi connectivity index (χ3v) is 6.60. The molecular weight excluding hydrogens is 330 g/mol. The highest BCUT2D eigenvalue weighted by Gasteiger charge is 2.52. The molecule has 1 aromatic carbocycles. The van der Waals surface area contributed by atoms with Gasteiger partial charge in [-0.25, -0.2) is 5.43 Å². The summed E-state index contributed by atoms with van der Waals surface area (Å²) in [6.07, 6.45) is 8.57. The summed E-state index contributed by atoms with van der Waals surface area (Å²) in [5, 5.41) is 15.4. The molecule has 0 saturated heterocycles. The molecule has 0 aliphatic heterocycles. The van der Waals surface area contributed by atoms with Gasteiger partial charge in [-0.3, -0.25) is 14.9 Å². The van der Waals surface area contributed by atoms with E-state index in [1.807, 2.05) is 0 Å². The van der Waals surface area contributed by atoms with Crippen LogP contribution in [0.15, 0.2) is 29.4 Å². The Kier molecular flexibility index (Phi) is 4.29. The molecule has 6 heteroatoms. The molecule has 0 spiro atoms. The van der Waals surface area contributed by atoms with Crippen LogP contribution in [-0.2, 0) is 0 Å². The Bertz CT molecular complexity index is 736. The van der Waals surface area contributed by atoms with E-state index in [1.165, 1.54) is 56.7 Å². The predicted octanol–water partition coefficient (Wildman–Crippen LogP) is 4.31. The van der Waals surface area contributed by atoms with Gasteiger partial charge < -0.3 is 0 Å². The first kappa shape index (κ1) is 17.2. The van der Waals surface area contributed by atoms with E-state index < -0.39 is 4.92 Å². The molecule has 138 valence electrons. The van der Waals surface area contributed by atoms with E-state index in [4.69, 9.17) is 0 Å². The van der Waals surface area contributed by atoms with Gasteiger partial charge in [0.1, 0.15) is 0 Å². The zero-order chi connectivity index (χ0) is 18.3. The Hall–Kier alpha value is -2.24. The highest BCUT2D eigenvalue weighted by atomic mass is 16.6. The van der Waals surface area contributed by atoms with Crippen LogP contribution >= 0.6 is 0 Å². The minimum absolute atomic E-state index is 0.0848. The van der Waals surface area contributed by atoms with Gasteiger partial charge in [0.2, 0.25) is 0 Å². The molecule has 0 radical (unpaired) electrons. The van der Waals surface area contributed by atoms with Crippen LogP contribution in [0.1, 0.15) is 62.2 Å². The average molecular weight is 355 g/mol. The first-order chi connectivity index (χ1) is 12.5. The van der Waals surface area contributed by atoms with E-state index in [0.717, 1.165) is 29.9 Å². The fourth-order valence-corrected chi connectivity index (χ4v) is 5.98. The fourth-order valence-electron chi connectivity index (χ4n) is 5.98. The number of benzene rings is 1. The van der Waals surface area contributed by atoms with Crippen molar-refractivity contribution in [3.8, 4) is 0 Å². The third kappa shape index (κ3) is 3.02. The molecule has 1 N–H and O–H groups in total. The van der Waals surface area contributed by atoms with E-state index >= 15 is 0 Å². The largest absolute Gasteiger partial charge is 0.271 e. The summed E-state index contributed by atoms with van der Waals surface area (Å²) in [6, 6.07) is 5.78. The zero-order valence-electron chi connectivity index (χ0n) is 15.1. The minimum Gasteiger partial charge on any atom is -0.267 e. The molecule has 0 atom stereocenters. The highest BCUT2D eigenvalue weighted by molar-refractivity contribution is 5.97. The van der Waals surface area contributed by atoms with E-state index in [-0.39, 0.29) is 22.6 Å². The van der Waals surface area contributed by atoms with Gasteiger partial charge in [0.15, 0.2) is 0 Å². The van der Waals surface area contributed by atoms with Crippen molar-refractivity contribution < 1.29 is 9.72 Å². The smallest absolute Gasteiger partial charge is 0.267 e. The van der Waals surface area contributed by atoms with Crippen molar-refractivity contribution in [2.75, 3.05) is 0 Å². The van der Waals surface area contributed by atoms with Crippen molar-refractivity contribution in [1.29, 1.82) is 0 Å². The normalized spacial score (nSPS) is 32.5. The molecule has 5 rings (SSSR count). The second-order valence-electron chi connectivity index (χ2n) is 8.36. The van der Waals surface area contributed by atoms with Crippen LogP contribution in [0.2, 0.25) is 0 Å². The molecule has 4 aliphatic carbocycles. The minimum atomic E-state index is -0.493. The second kappa shape index (κ2) is 6.49. The number of carbonyl (C=O) groups excluding carboxylic acids is 1. The Morgan fingerprint density at radius 3 is 2.38 bits per heavy atom. The van der Waals surface area contributed by atoms with Gasteiger partial charge in [-0.05, 0) is 68.8 Å². The molecule has 1 aromatic rings. The Labute approximate surface area is 153 Å². The van der Waals surface area contributed by atoms with Gasteiger partial charge >= 0.3 is 0 Å². The molecule has 4 saturated carbocycles. The third-order valence-electron chi connectivity index (χ3n) is 6.60. The van der Waals surface area contributed by atoms with Gasteiger partial charge in [-0.2, -0.15) is 5.10 Å². The lowest BCUT2D eigenvalue weighted by molar-refractivity contribution is -0.384. The number of rotatable bonds is 5. The standard InChI is InChI=1S/C20H25N3O3/c1-2-18(20-10-13-6-14(11-20)8-15(7-13)12-20)21-22-19(24)16-4-3-5-17(9-16)23(25)26/h3-5,9,13-15H,2,6-8,10-12H2,1H3,(H,22,24). The lowest BCUT2D eigenvalue weighted by Gasteiger charge is -2.57. The summed E-state index contributed by atoms with van der Waals surface area (Å²) in [5.74, 6) is 2.09. The van der Waals surface area contributed by atoms with Gasteiger partial charge in [0, 0.05) is 28.8 Å². The van der Waals surface area contributed by atoms with E-state index in [9.17, 15) is 14.9 Å². The summed E-state index contributed by atoms with van der Waals surface area (Å²) in [4.78, 5) is 22.8. The maximum atomic E-state index is 12.4. The van der Waals surface area contributed by atoms with Crippen LogP contribution in [0.25, 0.3) is 0 Å². The predicted molar refractivity (Wildman–Crippen MR) is 98.9 cm³/mol. The van der Waals surface area contributed by atoms with Crippen molar-refractivity contribution in [3.05, 3.63) is 39.9 Å². The van der Waals surface area contributed by atoms with Crippen molar-refractivity contribution >= 4 is 17.3 Å². The average Bonchev–Trinajstić information content (AvgIpc) is 2.60. The molecular formula is C20H25N3O3. The highest BCUT2D eigenvalue weighted by Crippen LogP contribution is 2.60. The Morgan fingerprint density at radius 1 is 1.23 bits per heavy atom. The monoisotopic (exact) mass is 355 g/mol. The first-order valence-electron chi connectivity index (χ1n) is 9.61. The van der Waals surface area contributed by atoms with E-state index in [0.29, 0.717) is 0 Å². The van der Waals surface area contributed by atoms with Crippen LogP contribution in [0.4, 0.5) is 5.69 Å². The number of carbonyl (C=O) groups is 1. The maximum Gasteiger partial charge on any atom is 0.271 e. The lowest BCUT2D eigenvalue weighted by Crippen LogP contribution is -2.50. The number of nitro groups is 1. The molecule has 4 aliphatic rings. The van der Waals surface area contributed by atoms with Crippen LogP contribution in [0.3, 0.4) is 0 Å².